The van der Waals surface area contributed by atoms with Gasteiger partial charge in [0.2, 0.25) is 0 Å². The third kappa shape index (κ3) is 4.69. The molecular formula is C15H23ClF2N2. The first-order chi connectivity index (χ1) is 9.20. The van der Waals surface area contributed by atoms with Crippen molar-refractivity contribution in [1.29, 1.82) is 0 Å². The molecule has 1 aliphatic heterocycles. The van der Waals surface area contributed by atoms with Gasteiger partial charge < -0.3 is 5.73 Å². The Labute approximate surface area is 125 Å². The van der Waals surface area contributed by atoms with Gasteiger partial charge in [-0.3, -0.25) is 4.90 Å². The molecule has 0 radical (unpaired) electrons. The molecule has 1 aliphatic rings. The predicted octanol–water partition coefficient (Wildman–Crippen LogP) is 3.75. The van der Waals surface area contributed by atoms with Gasteiger partial charge >= 0.3 is 0 Å². The highest BCUT2D eigenvalue weighted by atomic mass is 35.5. The van der Waals surface area contributed by atoms with Crippen molar-refractivity contribution in [2.75, 3.05) is 13.1 Å². The van der Waals surface area contributed by atoms with Gasteiger partial charge in [0, 0.05) is 18.2 Å². The van der Waals surface area contributed by atoms with Crippen LogP contribution in [-0.2, 0) is 6.54 Å². The summed E-state index contributed by atoms with van der Waals surface area (Å²) in [6.45, 7) is 2.64. The van der Waals surface area contributed by atoms with E-state index in [1.165, 1.54) is 31.4 Å². The minimum absolute atomic E-state index is 0. The lowest BCUT2D eigenvalue weighted by molar-refractivity contribution is 0.134. The Morgan fingerprint density at radius 3 is 2.50 bits per heavy atom. The summed E-state index contributed by atoms with van der Waals surface area (Å²) in [5.74, 6) is 0. The summed E-state index contributed by atoms with van der Waals surface area (Å²) in [5, 5.41) is 0. The molecular weight excluding hydrogens is 282 g/mol. The molecule has 0 aromatic heterocycles. The largest absolute Gasteiger partial charge is 0.330 e. The first kappa shape index (κ1) is 17.3. The highest BCUT2D eigenvalue weighted by Crippen LogP contribution is 2.23. The van der Waals surface area contributed by atoms with Gasteiger partial charge in [0.05, 0.1) is 0 Å². The first-order valence-corrected chi connectivity index (χ1v) is 7.02. The maximum Gasteiger partial charge on any atom is 0.263 e. The molecule has 0 bridgehead atoms. The van der Waals surface area contributed by atoms with Crippen LogP contribution in [0, 0.1) is 0 Å². The number of hydrogen-bond donors (Lipinski definition) is 1. The van der Waals surface area contributed by atoms with Crippen LogP contribution >= 0.6 is 12.4 Å². The number of rotatable bonds is 5. The average molecular weight is 305 g/mol. The van der Waals surface area contributed by atoms with E-state index in [9.17, 15) is 8.78 Å². The van der Waals surface area contributed by atoms with Gasteiger partial charge in [0.25, 0.3) is 6.43 Å². The Hall–Kier alpha value is -0.710. The molecule has 0 amide bonds. The fraction of sp³-hybridized carbons (Fsp3) is 0.600. The summed E-state index contributed by atoms with van der Waals surface area (Å²) in [6, 6.07) is 7.24. The van der Waals surface area contributed by atoms with Crippen LogP contribution in [0.1, 0.15) is 43.2 Å². The Balaban J connectivity index is 0.00000200. The smallest absolute Gasteiger partial charge is 0.263 e. The molecule has 2 N–H and O–H groups in total. The monoisotopic (exact) mass is 304 g/mol. The molecule has 0 saturated carbocycles. The number of likely N-dealkylation sites (tertiary alicyclic amines) is 1. The van der Waals surface area contributed by atoms with Crippen LogP contribution in [0.25, 0.3) is 0 Å². The van der Waals surface area contributed by atoms with Gasteiger partial charge in [-0.15, -0.1) is 12.4 Å². The molecule has 1 aromatic rings. The summed E-state index contributed by atoms with van der Waals surface area (Å²) in [6.07, 6.45) is 2.33. The lowest BCUT2D eigenvalue weighted by Gasteiger charge is -2.35. The highest BCUT2D eigenvalue weighted by Gasteiger charge is 2.21. The average Bonchev–Trinajstić information content (AvgIpc) is 2.42. The number of benzene rings is 1. The van der Waals surface area contributed by atoms with Crippen molar-refractivity contribution in [3.8, 4) is 0 Å². The van der Waals surface area contributed by atoms with Crippen molar-refractivity contribution in [3.05, 3.63) is 35.4 Å². The maximum atomic E-state index is 12.5. The van der Waals surface area contributed by atoms with Crippen molar-refractivity contribution in [1.82, 2.24) is 4.90 Å². The first-order valence-electron chi connectivity index (χ1n) is 7.02. The fourth-order valence-electron chi connectivity index (χ4n) is 2.79. The number of hydrogen-bond acceptors (Lipinski definition) is 2. The standard InChI is InChI=1S/C15H22F2N2.ClH/c16-15(17)13-6-4-12(5-7-13)11-19-10-2-1-3-14(19)8-9-18;/h4-7,14-15H,1-3,8-11,18H2;1H. The van der Waals surface area contributed by atoms with Crippen molar-refractivity contribution >= 4 is 12.4 Å². The van der Waals surface area contributed by atoms with E-state index in [0.717, 1.165) is 25.1 Å². The maximum absolute atomic E-state index is 12.5. The molecule has 114 valence electrons. The van der Waals surface area contributed by atoms with Crippen molar-refractivity contribution in [3.63, 3.8) is 0 Å². The molecule has 0 spiro atoms. The third-order valence-electron chi connectivity index (χ3n) is 3.87. The Morgan fingerprint density at radius 1 is 1.20 bits per heavy atom. The number of alkyl halides is 2. The third-order valence-corrected chi connectivity index (χ3v) is 3.87. The minimum Gasteiger partial charge on any atom is -0.330 e. The van der Waals surface area contributed by atoms with Gasteiger partial charge in [-0.05, 0) is 37.9 Å². The van der Waals surface area contributed by atoms with E-state index in [4.69, 9.17) is 5.73 Å². The molecule has 1 atom stereocenters. The van der Waals surface area contributed by atoms with Crippen LogP contribution in [0.5, 0.6) is 0 Å². The summed E-state index contributed by atoms with van der Waals surface area (Å²) < 4.78 is 25.0. The highest BCUT2D eigenvalue weighted by molar-refractivity contribution is 5.85. The van der Waals surface area contributed by atoms with Crippen molar-refractivity contribution in [2.45, 2.75) is 44.7 Å². The Bertz CT molecular complexity index is 382. The van der Waals surface area contributed by atoms with E-state index in [1.807, 2.05) is 12.1 Å². The normalized spacial score (nSPS) is 19.9. The fourth-order valence-corrected chi connectivity index (χ4v) is 2.79. The van der Waals surface area contributed by atoms with Gasteiger partial charge in [-0.1, -0.05) is 30.7 Å². The Kier molecular flexibility index (Phi) is 7.41. The van der Waals surface area contributed by atoms with Crippen LogP contribution in [0.15, 0.2) is 24.3 Å². The number of piperidine rings is 1. The quantitative estimate of drug-likeness (QED) is 0.897. The zero-order valence-corrected chi connectivity index (χ0v) is 12.4. The molecule has 1 fully saturated rings. The second kappa shape index (κ2) is 8.55. The van der Waals surface area contributed by atoms with Crippen LogP contribution in [0.2, 0.25) is 0 Å². The van der Waals surface area contributed by atoms with E-state index in [0.29, 0.717) is 12.6 Å². The second-order valence-corrected chi connectivity index (χ2v) is 5.24. The lowest BCUT2D eigenvalue weighted by Crippen LogP contribution is -2.40. The molecule has 0 aliphatic carbocycles. The van der Waals surface area contributed by atoms with E-state index in [-0.39, 0.29) is 18.0 Å². The summed E-state index contributed by atoms with van der Waals surface area (Å²) >= 11 is 0. The number of nitrogens with two attached hydrogens (primary N) is 1. The van der Waals surface area contributed by atoms with E-state index in [1.54, 1.807) is 0 Å². The Morgan fingerprint density at radius 2 is 1.90 bits per heavy atom. The number of halogens is 3. The molecule has 2 nitrogen and oxygen atoms in total. The lowest BCUT2D eigenvalue weighted by atomic mass is 9.98. The molecule has 2 rings (SSSR count). The molecule has 1 saturated heterocycles. The van der Waals surface area contributed by atoms with Gasteiger partial charge in [0.1, 0.15) is 0 Å². The van der Waals surface area contributed by atoms with Gasteiger partial charge in [0.15, 0.2) is 0 Å². The van der Waals surface area contributed by atoms with Crippen molar-refractivity contribution < 1.29 is 8.78 Å². The molecule has 1 aromatic carbocycles. The summed E-state index contributed by atoms with van der Waals surface area (Å²) in [7, 11) is 0. The predicted molar refractivity (Wildman–Crippen MR) is 80.4 cm³/mol. The summed E-state index contributed by atoms with van der Waals surface area (Å²) in [5.41, 5.74) is 6.86. The van der Waals surface area contributed by atoms with Crippen LogP contribution < -0.4 is 5.73 Å². The molecule has 1 heterocycles. The SMILES string of the molecule is Cl.NCCC1CCCCN1Cc1ccc(C(F)F)cc1. The van der Waals surface area contributed by atoms with Crippen LogP contribution in [0.4, 0.5) is 8.78 Å². The van der Waals surface area contributed by atoms with Crippen LogP contribution in [0.3, 0.4) is 0 Å². The summed E-state index contributed by atoms with van der Waals surface area (Å²) in [4.78, 5) is 2.44. The minimum atomic E-state index is -2.38. The molecule has 20 heavy (non-hydrogen) atoms. The molecule has 1 unspecified atom stereocenters. The molecule has 5 heteroatoms. The second-order valence-electron chi connectivity index (χ2n) is 5.24. The van der Waals surface area contributed by atoms with Gasteiger partial charge in [-0.2, -0.15) is 0 Å². The van der Waals surface area contributed by atoms with E-state index in [2.05, 4.69) is 4.90 Å². The van der Waals surface area contributed by atoms with Crippen molar-refractivity contribution in [2.24, 2.45) is 5.73 Å². The zero-order chi connectivity index (χ0) is 13.7. The van der Waals surface area contributed by atoms with E-state index >= 15 is 0 Å². The van der Waals surface area contributed by atoms with E-state index < -0.39 is 6.43 Å². The number of nitrogens with zero attached hydrogens (tertiary/aromatic N) is 1. The van der Waals surface area contributed by atoms with Crippen LogP contribution in [-0.4, -0.2) is 24.0 Å². The topological polar surface area (TPSA) is 29.3 Å². The van der Waals surface area contributed by atoms with Gasteiger partial charge in [-0.25, -0.2) is 8.78 Å². The zero-order valence-electron chi connectivity index (χ0n) is 11.6.